The van der Waals surface area contributed by atoms with Crippen molar-refractivity contribution in [2.75, 3.05) is 20.2 Å². The first-order valence-electron chi connectivity index (χ1n) is 8.35. The van der Waals surface area contributed by atoms with Gasteiger partial charge in [-0.25, -0.2) is 9.18 Å². The lowest BCUT2D eigenvalue weighted by molar-refractivity contribution is 0.0239. The van der Waals surface area contributed by atoms with Crippen molar-refractivity contribution in [3.8, 4) is 0 Å². The molecule has 2 rings (SSSR count). The van der Waals surface area contributed by atoms with Crippen LogP contribution in [0.25, 0.3) is 0 Å². The molecule has 2 unspecified atom stereocenters. The molecule has 1 heterocycles. The van der Waals surface area contributed by atoms with Crippen LogP contribution in [0.2, 0.25) is 0 Å². The van der Waals surface area contributed by atoms with E-state index in [9.17, 15) is 14.3 Å². The first-order valence-corrected chi connectivity index (χ1v) is 8.35. The van der Waals surface area contributed by atoms with E-state index in [4.69, 9.17) is 4.74 Å². The van der Waals surface area contributed by atoms with E-state index >= 15 is 0 Å². The van der Waals surface area contributed by atoms with Crippen LogP contribution in [0.3, 0.4) is 0 Å². The van der Waals surface area contributed by atoms with Crippen LogP contribution in [-0.4, -0.2) is 47.9 Å². The maximum Gasteiger partial charge on any atom is 0.317 e. The third-order valence-electron chi connectivity index (χ3n) is 4.61. The van der Waals surface area contributed by atoms with Crippen molar-refractivity contribution in [3.63, 3.8) is 0 Å². The van der Waals surface area contributed by atoms with E-state index < -0.39 is 11.7 Å². The molecule has 6 heteroatoms. The number of nitrogens with zero attached hydrogens (tertiary/aromatic N) is 1. The molecule has 0 aliphatic carbocycles. The number of aliphatic hydroxyl groups is 1. The van der Waals surface area contributed by atoms with Gasteiger partial charge in [0, 0.05) is 26.2 Å². The largest absolute Gasteiger partial charge is 0.388 e. The number of carbonyl (C=O) groups is 1. The number of nitrogens with one attached hydrogen (secondary N) is 1. The third-order valence-corrected chi connectivity index (χ3v) is 4.61. The number of benzene rings is 1. The van der Waals surface area contributed by atoms with Crippen molar-refractivity contribution in [2.45, 2.75) is 50.9 Å². The van der Waals surface area contributed by atoms with E-state index in [1.54, 1.807) is 24.1 Å². The molecule has 1 fully saturated rings. The number of urea groups is 1. The Morgan fingerprint density at radius 3 is 2.75 bits per heavy atom. The first-order chi connectivity index (χ1) is 11.3. The van der Waals surface area contributed by atoms with Gasteiger partial charge in [0.1, 0.15) is 5.82 Å². The minimum atomic E-state index is -0.709. The van der Waals surface area contributed by atoms with Gasteiger partial charge in [0.15, 0.2) is 0 Å². The van der Waals surface area contributed by atoms with Crippen LogP contribution in [0.1, 0.15) is 44.8 Å². The zero-order valence-electron chi connectivity index (χ0n) is 14.6. The summed E-state index contributed by atoms with van der Waals surface area (Å²) in [5, 5.41) is 13.3. The van der Waals surface area contributed by atoms with Gasteiger partial charge in [-0.1, -0.05) is 12.1 Å². The fourth-order valence-electron chi connectivity index (χ4n) is 2.89. The molecule has 2 N–H and O–H groups in total. The zero-order valence-corrected chi connectivity index (χ0v) is 14.6. The van der Waals surface area contributed by atoms with Crippen LogP contribution in [-0.2, 0) is 4.74 Å². The number of rotatable bonds is 6. The van der Waals surface area contributed by atoms with Gasteiger partial charge in [0.25, 0.3) is 0 Å². The van der Waals surface area contributed by atoms with E-state index in [1.165, 1.54) is 12.1 Å². The van der Waals surface area contributed by atoms with E-state index in [1.807, 2.05) is 13.8 Å². The summed E-state index contributed by atoms with van der Waals surface area (Å²) in [6.07, 6.45) is 1.52. The molecule has 1 aromatic carbocycles. The second-order valence-electron chi connectivity index (χ2n) is 6.92. The van der Waals surface area contributed by atoms with Gasteiger partial charge in [-0.15, -0.1) is 0 Å². The lowest BCUT2D eigenvalue weighted by Gasteiger charge is -2.29. The number of halogens is 1. The third kappa shape index (κ3) is 4.92. The van der Waals surface area contributed by atoms with Gasteiger partial charge in [-0.05, 0) is 50.8 Å². The summed E-state index contributed by atoms with van der Waals surface area (Å²) in [7, 11) is 1.61. The Kier molecular flexibility index (Phi) is 6.18. The molecule has 0 spiro atoms. The molecule has 2 amide bonds. The number of hydrogen-bond donors (Lipinski definition) is 2. The summed E-state index contributed by atoms with van der Waals surface area (Å²) in [5.41, 5.74) is 0.252. The normalized spacial score (nSPS) is 19.4. The number of amides is 2. The van der Waals surface area contributed by atoms with E-state index in [0.717, 1.165) is 12.8 Å². The average molecular weight is 338 g/mol. The number of methoxy groups -OCH3 is 1. The summed E-state index contributed by atoms with van der Waals surface area (Å²) in [6.45, 7) is 4.92. The molecule has 0 bridgehead atoms. The van der Waals surface area contributed by atoms with Gasteiger partial charge < -0.3 is 20.1 Å². The maximum atomic E-state index is 13.0. The fraction of sp³-hybridized carbons (Fsp3) is 0.611. The Morgan fingerprint density at radius 2 is 2.12 bits per heavy atom. The molecular weight excluding hydrogens is 311 g/mol. The van der Waals surface area contributed by atoms with Crippen molar-refractivity contribution in [1.29, 1.82) is 0 Å². The summed E-state index contributed by atoms with van der Waals surface area (Å²) < 4.78 is 18.3. The van der Waals surface area contributed by atoms with E-state index in [2.05, 4.69) is 5.32 Å². The zero-order chi connectivity index (χ0) is 17.7. The molecule has 0 saturated carbocycles. The predicted molar refractivity (Wildman–Crippen MR) is 90.2 cm³/mol. The molecule has 1 saturated heterocycles. The molecule has 1 aliphatic heterocycles. The number of ether oxygens (including phenoxy) is 1. The lowest BCUT2D eigenvalue weighted by Crippen LogP contribution is -2.48. The molecule has 1 aromatic rings. The number of carbonyl (C=O) groups excluding carboxylic acids is 1. The highest BCUT2D eigenvalue weighted by Gasteiger charge is 2.31. The highest BCUT2D eigenvalue weighted by molar-refractivity contribution is 5.75. The second kappa shape index (κ2) is 7.94. The highest BCUT2D eigenvalue weighted by Crippen LogP contribution is 2.27. The highest BCUT2D eigenvalue weighted by atomic mass is 19.1. The lowest BCUT2D eigenvalue weighted by atomic mass is 10.0. The summed E-state index contributed by atoms with van der Waals surface area (Å²) in [5.74, 6) is -0.325. The molecule has 24 heavy (non-hydrogen) atoms. The van der Waals surface area contributed by atoms with Gasteiger partial charge in [0.2, 0.25) is 0 Å². The molecule has 1 aliphatic rings. The average Bonchev–Trinajstić information content (AvgIpc) is 3.01. The van der Waals surface area contributed by atoms with Crippen LogP contribution >= 0.6 is 0 Å². The van der Waals surface area contributed by atoms with Crippen LogP contribution in [0.4, 0.5) is 9.18 Å². The van der Waals surface area contributed by atoms with Crippen LogP contribution in [0, 0.1) is 5.82 Å². The molecule has 0 aromatic heterocycles. The van der Waals surface area contributed by atoms with Crippen LogP contribution in [0.5, 0.6) is 0 Å². The Labute approximate surface area is 142 Å². The van der Waals surface area contributed by atoms with Gasteiger partial charge >= 0.3 is 6.03 Å². The van der Waals surface area contributed by atoms with Crippen molar-refractivity contribution >= 4 is 6.03 Å². The standard InChI is InChI=1S/C18H27FN2O3/c1-18(2,24-3)12-20-17(23)21-10-4-5-15(21)11-16(22)13-6-8-14(19)9-7-13/h6-9,15-16,22H,4-5,10-12H2,1-3H3,(H,20,23). The fourth-order valence-corrected chi connectivity index (χ4v) is 2.89. The second-order valence-corrected chi connectivity index (χ2v) is 6.92. The minimum Gasteiger partial charge on any atom is -0.388 e. The van der Waals surface area contributed by atoms with E-state index in [-0.39, 0.29) is 17.9 Å². The summed E-state index contributed by atoms with van der Waals surface area (Å²) in [6, 6.07) is 5.69. The maximum absolute atomic E-state index is 13.0. The molecule has 0 radical (unpaired) electrons. The quantitative estimate of drug-likeness (QED) is 0.838. The SMILES string of the molecule is COC(C)(C)CNC(=O)N1CCCC1CC(O)c1ccc(F)cc1. The monoisotopic (exact) mass is 338 g/mol. The van der Waals surface area contributed by atoms with Crippen molar-refractivity contribution < 1.29 is 19.0 Å². The smallest absolute Gasteiger partial charge is 0.317 e. The first kappa shape index (κ1) is 18.7. The van der Waals surface area contributed by atoms with Crippen molar-refractivity contribution in [3.05, 3.63) is 35.6 Å². The Balaban J connectivity index is 1.92. The Hall–Kier alpha value is -1.66. The Bertz CT molecular complexity index is 548. The van der Waals surface area contributed by atoms with Crippen LogP contribution < -0.4 is 5.32 Å². The number of aliphatic hydroxyl groups excluding tert-OH is 1. The van der Waals surface area contributed by atoms with Crippen molar-refractivity contribution in [2.24, 2.45) is 0 Å². The predicted octanol–water partition coefficient (Wildman–Crippen LogP) is 2.85. The number of hydrogen-bond acceptors (Lipinski definition) is 3. The Morgan fingerprint density at radius 1 is 1.46 bits per heavy atom. The topological polar surface area (TPSA) is 61.8 Å². The van der Waals surface area contributed by atoms with Gasteiger partial charge in [-0.2, -0.15) is 0 Å². The molecular formula is C18H27FN2O3. The van der Waals surface area contributed by atoms with Crippen LogP contribution in [0.15, 0.2) is 24.3 Å². The molecule has 5 nitrogen and oxygen atoms in total. The molecule has 2 atom stereocenters. The van der Waals surface area contributed by atoms with Gasteiger partial charge in [-0.3, -0.25) is 0 Å². The number of likely N-dealkylation sites (tertiary alicyclic amines) is 1. The van der Waals surface area contributed by atoms with E-state index in [0.29, 0.717) is 25.1 Å². The van der Waals surface area contributed by atoms with Crippen molar-refractivity contribution in [1.82, 2.24) is 10.2 Å². The van der Waals surface area contributed by atoms with Gasteiger partial charge in [0.05, 0.1) is 11.7 Å². The molecule has 134 valence electrons. The summed E-state index contributed by atoms with van der Waals surface area (Å²) in [4.78, 5) is 14.2. The summed E-state index contributed by atoms with van der Waals surface area (Å²) >= 11 is 0. The minimum absolute atomic E-state index is 0.0179.